The molecule has 0 radical (unpaired) electrons. The number of rotatable bonds is 3. The highest BCUT2D eigenvalue weighted by Gasteiger charge is 2.52. The number of aryl methyl sites for hydroxylation is 2. The molecule has 4 aromatic rings. The van der Waals surface area contributed by atoms with Gasteiger partial charge in [-0.2, -0.15) is 0 Å². The van der Waals surface area contributed by atoms with Crippen molar-refractivity contribution in [3.63, 3.8) is 0 Å². The lowest BCUT2D eigenvalue weighted by Gasteiger charge is -2.23. The summed E-state index contributed by atoms with van der Waals surface area (Å²) in [5.74, 6) is -0.316. The summed E-state index contributed by atoms with van der Waals surface area (Å²) in [4.78, 5) is 18.6. The largest absolute Gasteiger partial charge is 0.372 e. The van der Waals surface area contributed by atoms with E-state index in [0.29, 0.717) is 17.7 Å². The second kappa shape index (κ2) is 6.33. The van der Waals surface area contributed by atoms with Crippen LogP contribution >= 0.6 is 0 Å². The molecule has 0 spiro atoms. The van der Waals surface area contributed by atoms with Gasteiger partial charge in [0.15, 0.2) is 5.60 Å². The van der Waals surface area contributed by atoms with Crippen LogP contribution in [0.2, 0.25) is 0 Å². The molecule has 0 bridgehead atoms. The molecule has 4 heteroatoms. The van der Waals surface area contributed by atoms with Gasteiger partial charge < -0.3 is 15.0 Å². The molecule has 1 aliphatic heterocycles. The van der Waals surface area contributed by atoms with E-state index in [9.17, 15) is 9.90 Å². The number of amides is 1. The second-order valence-electron chi connectivity index (χ2n) is 7.80. The normalized spacial score (nSPS) is 18.4. The predicted molar refractivity (Wildman–Crippen MR) is 115 cm³/mol. The maximum Gasteiger partial charge on any atom is 0.268 e. The molecule has 2 heterocycles. The zero-order chi connectivity index (χ0) is 20.2. The average molecular weight is 382 g/mol. The van der Waals surface area contributed by atoms with Crippen LogP contribution in [0.25, 0.3) is 10.9 Å². The smallest absolute Gasteiger partial charge is 0.268 e. The van der Waals surface area contributed by atoms with Crippen molar-refractivity contribution in [2.24, 2.45) is 0 Å². The minimum atomic E-state index is -1.71. The summed E-state index contributed by atoms with van der Waals surface area (Å²) >= 11 is 0. The molecule has 29 heavy (non-hydrogen) atoms. The van der Waals surface area contributed by atoms with Crippen molar-refractivity contribution in [3.8, 4) is 0 Å². The van der Waals surface area contributed by atoms with Crippen LogP contribution in [0.1, 0.15) is 27.8 Å². The number of nitrogens with zero attached hydrogens (tertiary/aromatic N) is 1. The van der Waals surface area contributed by atoms with Gasteiger partial charge in [-0.15, -0.1) is 0 Å². The van der Waals surface area contributed by atoms with Crippen molar-refractivity contribution >= 4 is 22.5 Å². The molecule has 0 fully saturated rings. The minimum absolute atomic E-state index is 0.316. The Labute approximate surface area is 169 Å². The lowest BCUT2D eigenvalue weighted by atomic mass is 9.87. The van der Waals surface area contributed by atoms with Gasteiger partial charge in [0.25, 0.3) is 5.91 Å². The third-order valence-corrected chi connectivity index (χ3v) is 5.94. The van der Waals surface area contributed by atoms with Gasteiger partial charge in [0.1, 0.15) is 0 Å². The molecule has 5 rings (SSSR count). The number of fused-ring (bicyclic) bond motifs is 2. The molecule has 2 N–H and O–H groups in total. The van der Waals surface area contributed by atoms with Gasteiger partial charge in [0, 0.05) is 28.2 Å². The number of hydrogen-bond acceptors (Lipinski definition) is 2. The van der Waals surface area contributed by atoms with Gasteiger partial charge in [0.2, 0.25) is 0 Å². The molecular weight excluding hydrogens is 360 g/mol. The Kier molecular flexibility index (Phi) is 3.86. The first kappa shape index (κ1) is 17.7. The fourth-order valence-corrected chi connectivity index (χ4v) is 4.42. The summed E-state index contributed by atoms with van der Waals surface area (Å²) in [5.41, 5.74) is 4.55. The molecule has 0 saturated heterocycles. The van der Waals surface area contributed by atoms with Crippen LogP contribution in [0.5, 0.6) is 0 Å². The van der Waals surface area contributed by atoms with Crippen LogP contribution in [-0.2, 0) is 16.9 Å². The standard InChI is InChI=1S/C25H22N2O2/c1-16-11-12-18(17(2)13-16)15-27-23-10-6-4-8-20(23)25(29,24(27)28)21-14-26-22-9-5-3-7-19(21)22/h3-14,26,29H,15H2,1-2H3/t25-/m0/s1. The quantitative estimate of drug-likeness (QED) is 0.545. The van der Waals surface area contributed by atoms with Gasteiger partial charge in [-0.05, 0) is 37.1 Å². The van der Waals surface area contributed by atoms with Gasteiger partial charge in [-0.25, -0.2) is 0 Å². The maximum atomic E-state index is 13.7. The first-order valence-electron chi connectivity index (χ1n) is 9.76. The number of benzene rings is 3. The number of aliphatic hydroxyl groups is 1. The van der Waals surface area contributed by atoms with Crippen molar-refractivity contribution in [1.82, 2.24) is 4.98 Å². The number of para-hydroxylation sites is 2. The van der Waals surface area contributed by atoms with Crippen LogP contribution in [0.4, 0.5) is 5.69 Å². The second-order valence-corrected chi connectivity index (χ2v) is 7.80. The molecule has 0 aliphatic carbocycles. The molecule has 1 atom stereocenters. The lowest BCUT2D eigenvalue weighted by Crippen LogP contribution is -2.40. The van der Waals surface area contributed by atoms with E-state index in [1.54, 1.807) is 11.1 Å². The Morgan fingerprint density at radius 3 is 2.55 bits per heavy atom. The summed E-state index contributed by atoms with van der Waals surface area (Å²) in [6.45, 7) is 4.54. The third-order valence-electron chi connectivity index (χ3n) is 5.94. The molecule has 144 valence electrons. The van der Waals surface area contributed by atoms with Crippen LogP contribution in [0, 0.1) is 13.8 Å². The number of carbonyl (C=O) groups is 1. The number of carbonyl (C=O) groups excluding carboxylic acids is 1. The highest BCUT2D eigenvalue weighted by atomic mass is 16.3. The Hall–Kier alpha value is -3.37. The maximum absolute atomic E-state index is 13.7. The Balaban J connectivity index is 1.66. The van der Waals surface area contributed by atoms with Gasteiger partial charge in [0.05, 0.1) is 12.2 Å². The van der Waals surface area contributed by atoms with Gasteiger partial charge >= 0.3 is 0 Å². The number of hydrogen-bond donors (Lipinski definition) is 2. The lowest BCUT2D eigenvalue weighted by molar-refractivity contribution is -0.132. The van der Waals surface area contributed by atoms with Crippen molar-refractivity contribution in [3.05, 3.63) is 101 Å². The van der Waals surface area contributed by atoms with Crippen LogP contribution < -0.4 is 4.90 Å². The van der Waals surface area contributed by atoms with E-state index in [0.717, 1.165) is 27.7 Å². The average Bonchev–Trinajstić information content (AvgIpc) is 3.25. The topological polar surface area (TPSA) is 56.3 Å². The van der Waals surface area contributed by atoms with E-state index in [4.69, 9.17) is 0 Å². The molecule has 1 aliphatic rings. The summed E-state index contributed by atoms with van der Waals surface area (Å²) in [7, 11) is 0. The molecule has 1 amide bonds. The summed E-state index contributed by atoms with van der Waals surface area (Å²) in [6.07, 6.45) is 1.75. The Bertz CT molecular complexity index is 1260. The van der Waals surface area contributed by atoms with E-state index in [1.165, 1.54) is 5.56 Å². The minimum Gasteiger partial charge on any atom is -0.372 e. The van der Waals surface area contributed by atoms with Crippen LogP contribution in [0.3, 0.4) is 0 Å². The first-order chi connectivity index (χ1) is 14.0. The number of anilines is 1. The van der Waals surface area contributed by atoms with E-state index in [2.05, 4.69) is 37.0 Å². The van der Waals surface area contributed by atoms with Gasteiger partial charge in [-0.3, -0.25) is 4.79 Å². The highest BCUT2D eigenvalue weighted by Crippen LogP contribution is 2.46. The predicted octanol–water partition coefficient (Wildman–Crippen LogP) is 4.57. The number of nitrogens with one attached hydrogen (secondary N) is 1. The number of aromatic amines is 1. The molecule has 4 nitrogen and oxygen atoms in total. The SMILES string of the molecule is Cc1ccc(CN2C(=O)[C@@](O)(c3c[nH]c4ccccc34)c3ccccc32)c(C)c1. The molecule has 3 aromatic carbocycles. The van der Waals surface area contributed by atoms with Crippen LogP contribution in [-0.4, -0.2) is 16.0 Å². The zero-order valence-corrected chi connectivity index (χ0v) is 16.4. The number of H-pyrrole nitrogens is 1. The van der Waals surface area contributed by atoms with E-state index >= 15 is 0 Å². The van der Waals surface area contributed by atoms with Crippen molar-refractivity contribution in [2.75, 3.05) is 4.90 Å². The molecule has 0 unspecified atom stereocenters. The van der Waals surface area contributed by atoms with Gasteiger partial charge in [-0.1, -0.05) is 60.2 Å². The molecule has 1 aromatic heterocycles. The van der Waals surface area contributed by atoms with Crippen molar-refractivity contribution < 1.29 is 9.90 Å². The third kappa shape index (κ3) is 2.53. The van der Waals surface area contributed by atoms with E-state index < -0.39 is 5.60 Å². The van der Waals surface area contributed by atoms with Crippen molar-refractivity contribution in [1.29, 1.82) is 0 Å². The Morgan fingerprint density at radius 2 is 1.72 bits per heavy atom. The monoisotopic (exact) mass is 382 g/mol. The summed E-state index contributed by atoms with van der Waals surface area (Å²) in [6, 6.07) is 21.5. The summed E-state index contributed by atoms with van der Waals surface area (Å²) < 4.78 is 0. The fraction of sp³-hybridized carbons (Fsp3) is 0.160. The highest BCUT2D eigenvalue weighted by molar-refractivity contribution is 6.11. The van der Waals surface area contributed by atoms with E-state index in [1.807, 2.05) is 48.5 Å². The summed E-state index contributed by atoms with van der Waals surface area (Å²) in [5, 5.41) is 12.7. The Morgan fingerprint density at radius 1 is 0.966 bits per heavy atom. The van der Waals surface area contributed by atoms with Crippen molar-refractivity contribution in [2.45, 2.75) is 26.0 Å². The van der Waals surface area contributed by atoms with E-state index in [-0.39, 0.29) is 5.91 Å². The van der Waals surface area contributed by atoms with Crippen LogP contribution in [0.15, 0.2) is 72.9 Å². The zero-order valence-electron chi connectivity index (χ0n) is 16.4. The fourth-order valence-electron chi connectivity index (χ4n) is 4.42. The molecular formula is C25H22N2O2. The number of aromatic nitrogens is 1. The first-order valence-corrected chi connectivity index (χ1v) is 9.76. The molecule has 0 saturated carbocycles.